The van der Waals surface area contributed by atoms with Gasteiger partial charge < -0.3 is 10.0 Å². The molecule has 98 valence electrons. The Bertz CT molecular complexity index is 465. The average Bonchev–Trinajstić information content (AvgIpc) is 2.78. The van der Waals surface area contributed by atoms with E-state index in [2.05, 4.69) is 0 Å². The Labute approximate surface area is 104 Å². The van der Waals surface area contributed by atoms with E-state index in [1.54, 1.807) is 6.92 Å². The maximum atomic E-state index is 13.8. The minimum atomic E-state index is -0.616. The van der Waals surface area contributed by atoms with Crippen LogP contribution in [-0.4, -0.2) is 29.2 Å². The highest BCUT2D eigenvalue weighted by Gasteiger charge is 2.28. The number of hydrogen-bond donors (Lipinski definition) is 1. The molecule has 1 aliphatic rings. The molecule has 1 saturated heterocycles. The summed E-state index contributed by atoms with van der Waals surface area (Å²) in [4.78, 5) is 11.7. The lowest BCUT2D eigenvalue weighted by Gasteiger charge is -2.20. The molecule has 1 aliphatic heterocycles. The zero-order valence-corrected chi connectivity index (χ0v) is 10.0. The summed E-state index contributed by atoms with van der Waals surface area (Å²) >= 11 is 0. The van der Waals surface area contributed by atoms with E-state index >= 15 is 0 Å². The maximum Gasteiger partial charge on any atom is 0.272 e. The summed E-state index contributed by atoms with van der Waals surface area (Å²) in [6, 6.07) is 3.66. The van der Waals surface area contributed by atoms with Crippen LogP contribution < -0.4 is 4.90 Å². The number of non-ortho nitro benzene ring substituents is 1. The van der Waals surface area contributed by atoms with Gasteiger partial charge in [0.05, 0.1) is 22.8 Å². The van der Waals surface area contributed by atoms with Crippen molar-refractivity contribution in [1.82, 2.24) is 0 Å². The number of nitro benzene ring substituents is 1. The summed E-state index contributed by atoms with van der Waals surface area (Å²) in [6.45, 7) is 2.96. The zero-order valence-electron chi connectivity index (χ0n) is 10.0. The predicted molar refractivity (Wildman–Crippen MR) is 65.1 cm³/mol. The molecule has 1 aromatic carbocycles. The van der Waals surface area contributed by atoms with E-state index in [9.17, 15) is 19.6 Å². The summed E-state index contributed by atoms with van der Waals surface area (Å²) in [5, 5.41) is 20.0. The first-order chi connectivity index (χ1) is 8.49. The van der Waals surface area contributed by atoms with Gasteiger partial charge in [0.15, 0.2) is 5.82 Å². The number of hydrogen-bond acceptors (Lipinski definition) is 4. The predicted octanol–water partition coefficient (Wildman–Crippen LogP) is 1.94. The Kier molecular flexibility index (Phi) is 3.47. The molecule has 0 aliphatic carbocycles. The molecule has 2 unspecified atom stereocenters. The number of rotatable bonds is 3. The van der Waals surface area contributed by atoms with E-state index in [0.717, 1.165) is 12.5 Å². The summed E-state index contributed by atoms with van der Waals surface area (Å²) in [7, 11) is 0. The number of aliphatic hydroxyl groups is 1. The molecule has 0 saturated carbocycles. The summed E-state index contributed by atoms with van der Waals surface area (Å²) in [6.07, 6.45) is 0.379. The lowest BCUT2D eigenvalue weighted by molar-refractivity contribution is -0.385. The van der Waals surface area contributed by atoms with Gasteiger partial charge in [0.25, 0.3) is 5.69 Å². The Morgan fingerprint density at radius 3 is 2.83 bits per heavy atom. The number of anilines is 1. The fourth-order valence-corrected chi connectivity index (χ4v) is 2.27. The highest BCUT2D eigenvalue weighted by atomic mass is 19.1. The molecule has 5 nitrogen and oxygen atoms in total. The van der Waals surface area contributed by atoms with Crippen molar-refractivity contribution in [3.8, 4) is 0 Å². The Balaban J connectivity index is 2.18. The minimum absolute atomic E-state index is 0.125. The quantitative estimate of drug-likeness (QED) is 0.661. The van der Waals surface area contributed by atoms with Gasteiger partial charge in [-0.15, -0.1) is 0 Å². The van der Waals surface area contributed by atoms with E-state index in [1.807, 2.05) is 4.90 Å². The van der Waals surface area contributed by atoms with Gasteiger partial charge in [-0.05, 0) is 19.4 Å². The smallest absolute Gasteiger partial charge is 0.272 e. The van der Waals surface area contributed by atoms with Crippen molar-refractivity contribution >= 4 is 11.4 Å². The second kappa shape index (κ2) is 4.89. The normalized spacial score (nSPS) is 21.1. The largest absolute Gasteiger partial charge is 0.393 e. The summed E-state index contributed by atoms with van der Waals surface area (Å²) in [5.74, 6) is -0.463. The first kappa shape index (κ1) is 12.8. The van der Waals surface area contributed by atoms with Crippen molar-refractivity contribution in [3.63, 3.8) is 0 Å². The lowest BCUT2D eigenvalue weighted by atomic mass is 10.0. The highest BCUT2D eigenvalue weighted by molar-refractivity contribution is 5.53. The molecule has 0 bridgehead atoms. The average molecular weight is 254 g/mol. The molecule has 2 atom stereocenters. The van der Waals surface area contributed by atoms with Crippen molar-refractivity contribution in [2.45, 2.75) is 19.4 Å². The first-order valence-corrected chi connectivity index (χ1v) is 5.86. The summed E-state index contributed by atoms with van der Waals surface area (Å²) in [5.41, 5.74) is 0.117. The fraction of sp³-hybridized carbons (Fsp3) is 0.500. The van der Waals surface area contributed by atoms with Crippen LogP contribution in [-0.2, 0) is 0 Å². The number of aliphatic hydroxyl groups excluding tert-OH is 1. The number of nitrogens with zero attached hydrogens (tertiary/aromatic N) is 2. The van der Waals surface area contributed by atoms with E-state index in [1.165, 1.54) is 12.1 Å². The molecule has 1 aromatic rings. The Morgan fingerprint density at radius 1 is 1.61 bits per heavy atom. The molecule has 0 amide bonds. The van der Waals surface area contributed by atoms with Gasteiger partial charge in [-0.25, -0.2) is 4.39 Å². The fourth-order valence-electron chi connectivity index (χ4n) is 2.27. The monoisotopic (exact) mass is 254 g/mol. The third kappa shape index (κ3) is 2.43. The maximum absolute atomic E-state index is 13.8. The van der Waals surface area contributed by atoms with Crippen LogP contribution in [0, 0.1) is 21.8 Å². The molecule has 1 heterocycles. The number of benzene rings is 1. The molecular weight excluding hydrogens is 239 g/mol. The van der Waals surface area contributed by atoms with Crippen LogP contribution in [0.4, 0.5) is 15.8 Å². The van der Waals surface area contributed by atoms with E-state index in [4.69, 9.17) is 0 Å². The van der Waals surface area contributed by atoms with E-state index < -0.39 is 16.8 Å². The zero-order chi connectivity index (χ0) is 13.3. The van der Waals surface area contributed by atoms with Gasteiger partial charge >= 0.3 is 0 Å². The third-order valence-corrected chi connectivity index (χ3v) is 3.39. The molecular formula is C12H15FN2O3. The van der Waals surface area contributed by atoms with E-state index in [0.29, 0.717) is 18.8 Å². The molecule has 2 rings (SSSR count). The van der Waals surface area contributed by atoms with Crippen molar-refractivity contribution in [1.29, 1.82) is 0 Å². The van der Waals surface area contributed by atoms with Gasteiger partial charge in [-0.1, -0.05) is 0 Å². The molecule has 1 N–H and O–H groups in total. The second-order valence-corrected chi connectivity index (χ2v) is 4.63. The number of halogens is 1. The lowest BCUT2D eigenvalue weighted by Crippen LogP contribution is -2.24. The molecule has 6 heteroatoms. The SMILES string of the molecule is CC(O)C1CCN(c2ccc([N+](=O)[O-])cc2F)C1. The van der Waals surface area contributed by atoms with Crippen LogP contribution in [0.25, 0.3) is 0 Å². The molecule has 0 spiro atoms. The van der Waals surface area contributed by atoms with Crippen molar-refractivity contribution < 1.29 is 14.4 Å². The molecule has 0 aromatic heterocycles. The number of nitro groups is 1. The van der Waals surface area contributed by atoms with Crippen LogP contribution in [0.3, 0.4) is 0 Å². The molecule has 1 fully saturated rings. The Hall–Kier alpha value is -1.69. The van der Waals surface area contributed by atoms with Crippen LogP contribution in [0.2, 0.25) is 0 Å². The summed E-state index contributed by atoms with van der Waals surface area (Å²) < 4.78 is 13.8. The Morgan fingerprint density at radius 2 is 2.33 bits per heavy atom. The van der Waals surface area contributed by atoms with Gasteiger partial charge in [0.2, 0.25) is 0 Å². The highest BCUT2D eigenvalue weighted by Crippen LogP contribution is 2.29. The van der Waals surface area contributed by atoms with Crippen LogP contribution in [0.5, 0.6) is 0 Å². The van der Waals surface area contributed by atoms with Crippen LogP contribution in [0.1, 0.15) is 13.3 Å². The first-order valence-electron chi connectivity index (χ1n) is 5.86. The van der Waals surface area contributed by atoms with Crippen molar-refractivity contribution in [2.75, 3.05) is 18.0 Å². The standard InChI is InChI=1S/C12H15FN2O3/c1-8(16)9-4-5-14(7-9)12-3-2-10(15(17)18)6-11(12)13/h2-3,6,8-9,16H,4-5,7H2,1H3. The van der Waals surface area contributed by atoms with Crippen LogP contribution >= 0.6 is 0 Å². The van der Waals surface area contributed by atoms with Gasteiger partial charge in [-0.2, -0.15) is 0 Å². The van der Waals surface area contributed by atoms with Crippen molar-refractivity contribution in [2.24, 2.45) is 5.92 Å². The second-order valence-electron chi connectivity index (χ2n) is 4.63. The minimum Gasteiger partial charge on any atom is -0.393 e. The van der Waals surface area contributed by atoms with E-state index in [-0.39, 0.29) is 11.6 Å². The van der Waals surface area contributed by atoms with Crippen LogP contribution in [0.15, 0.2) is 18.2 Å². The van der Waals surface area contributed by atoms with Crippen molar-refractivity contribution in [3.05, 3.63) is 34.1 Å². The topological polar surface area (TPSA) is 66.6 Å². The van der Waals surface area contributed by atoms with Gasteiger partial charge in [0, 0.05) is 25.1 Å². The molecule has 18 heavy (non-hydrogen) atoms. The third-order valence-electron chi connectivity index (χ3n) is 3.39. The van der Waals surface area contributed by atoms with Gasteiger partial charge in [-0.3, -0.25) is 10.1 Å². The molecule has 0 radical (unpaired) electrons. The van der Waals surface area contributed by atoms with Gasteiger partial charge in [0.1, 0.15) is 0 Å².